The van der Waals surface area contributed by atoms with Crippen molar-refractivity contribution >= 4 is 11.4 Å². The lowest BCUT2D eigenvalue weighted by atomic mass is 9.94. The van der Waals surface area contributed by atoms with Gasteiger partial charge in [0.1, 0.15) is 0 Å². The van der Waals surface area contributed by atoms with Gasteiger partial charge in [0.05, 0.1) is 11.4 Å². The maximum atomic E-state index is 6.13. The van der Waals surface area contributed by atoms with Gasteiger partial charge in [-0.1, -0.05) is 36.4 Å². The molecule has 3 aliphatic rings. The Morgan fingerprint density at radius 1 is 0.800 bits per heavy atom. The highest BCUT2D eigenvalue weighted by Crippen LogP contribution is 2.41. The number of anilines is 2. The largest absolute Gasteiger partial charge is 0.397 e. The van der Waals surface area contributed by atoms with Crippen molar-refractivity contribution in [3.63, 3.8) is 0 Å². The second-order valence-electron chi connectivity index (χ2n) is 8.06. The van der Waals surface area contributed by atoms with Crippen LogP contribution in [-0.4, -0.2) is 29.1 Å². The van der Waals surface area contributed by atoms with Crippen LogP contribution in [-0.2, 0) is 12.8 Å². The highest BCUT2D eigenvalue weighted by atomic mass is 15.3. The van der Waals surface area contributed by atoms with Crippen LogP contribution < -0.4 is 11.1 Å². The van der Waals surface area contributed by atoms with Gasteiger partial charge in [-0.3, -0.25) is 4.90 Å². The number of hydrogen-bond donors (Lipinski definition) is 2. The van der Waals surface area contributed by atoms with Crippen LogP contribution in [0, 0.1) is 0 Å². The molecule has 2 aliphatic heterocycles. The van der Waals surface area contributed by atoms with Crippen LogP contribution in [0.25, 0.3) is 0 Å². The molecule has 3 nitrogen and oxygen atoms in total. The Bertz CT molecular complexity index is 732. The van der Waals surface area contributed by atoms with E-state index < -0.39 is 0 Å². The Labute approximate surface area is 150 Å². The van der Waals surface area contributed by atoms with E-state index in [0.29, 0.717) is 6.04 Å². The van der Waals surface area contributed by atoms with E-state index in [0.717, 1.165) is 29.5 Å². The van der Waals surface area contributed by atoms with Crippen LogP contribution in [0.4, 0.5) is 11.4 Å². The van der Waals surface area contributed by atoms with E-state index in [4.69, 9.17) is 5.73 Å². The van der Waals surface area contributed by atoms with Gasteiger partial charge in [-0.15, -0.1) is 0 Å². The Kier molecular flexibility index (Phi) is 3.70. The second kappa shape index (κ2) is 6.06. The Balaban J connectivity index is 1.29. The van der Waals surface area contributed by atoms with Crippen LogP contribution in [0.2, 0.25) is 0 Å². The van der Waals surface area contributed by atoms with Gasteiger partial charge in [0.2, 0.25) is 0 Å². The third-order valence-electron chi connectivity index (χ3n) is 6.56. The number of nitrogens with zero attached hydrogens (tertiary/aromatic N) is 1. The van der Waals surface area contributed by atoms with E-state index in [1.165, 1.54) is 38.5 Å². The van der Waals surface area contributed by atoms with Gasteiger partial charge in [0, 0.05) is 24.2 Å². The molecule has 0 saturated carbocycles. The summed E-state index contributed by atoms with van der Waals surface area (Å²) >= 11 is 0. The quantitative estimate of drug-likeness (QED) is 0.839. The molecule has 5 rings (SSSR count). The average molecular weight is 333 g/mol. The van der Waals surface area contributed by atoms with Crippen LogP contribution >= 0.6 is 0 Å². The van der Waals surface area contributed by atoms with Gasteiger partial charge in [0.25, 0.3) is 0 Å². The predicted octanol–water partition coefficient (Wildman–Crippen LogP) is 3.84. The summed E-state index contributed by atoms with van der Waals surface area (Å²) in [6.07, 6.45) is 7.70. The summed E-state index contributed by atoms with van der Waals surface area (Å²) in [5, 5.41) is 3.73. The fourth-order valence-electron chi connectivity index (χ4n) is 5.52. The van der Waals surface area contributed by atoms with E-state index in [9.17, 15) is 0 Å². The van der Waals surface area contributed by atoms with Crippen molar-refractivity contribution in [1.29, 1.82) is 0 Å². The van der Waals surface area contributed by atoms with Crippen molar-refractivity contribution in [3.05, 3.63) is 59.7 Å². The third-order valence-corrected chi connectivity index (χ3v) is 6.56. The first kappa shape index (κ1) is 15.3. The second-order valence-corrected chi connectivity index (χ2v) is 8.06. The molecule has 130 valence electrons. The van der Waals surface area contributed by atoms with Crippen LogP contribution in [0.3, 0.4) is 0 Å². The number of hydrogen-bond acceptors (Lipinski definition) is 3. The first-order chi connectivity index (χ1) is 12.3. The predicted molar refractivity (Wildman–Crippen MR) is 104 cm³/mol. The summed E-state index contributed by atoms with van der Waals surface area (Å²) in [5.41, 5.74) is 11.2. The molecule has 0 unspecified atom stereocenters. The van der Waals surface area contributed by atoms with Crippen molar-refractivity contribution in [1.82, 2.24) is 4.90 Å². The van der Waals surface area contributed by atoms with Crippen molar-refractivity contribution in [2.45, 2.75) is 62.7 Å². The van der Waals surface area contributed by atoms with Crippen molar-refractivity contribution in [3.8, 4) is 0 Å². The van der Waals surface area contributed by atoms with Crippen LogP contribution in [0.15, 0.2) is 48.5 Å². The average Bonchev–Trinajstić information content (AvgIpc) is 3.15. The van der Waals surface area contributed by atoms with Gasteiger partial charge in [0.15, 0.2) is 0 Å². The maximum absolute atomic E-state index is 6.13. The minimum Gasteiger partial charge on any atom is -0.397 e. The molecule has 2 saturated heterocycles. The number of nitrogen functional groups attached to an aromatic ring is 1. The number of nitrogens with one attached hydrogen (secondary N) is 1. The molecule has 3 atom stereocenters. The monoisotopic (exact) mass is 333 g/mol. The summed E-state index contributed by atoms with van der Waals surface area (Å²) in [7, 11) is 0. The number of piperidine rings is 1. The lowest BCUT2D eigenvalue weighted by Crippen LogP contribution is -2.52. The zero-order valence-electron chi connectivity index (χ0n) is 14.7. The molecule has 2 heterocycles. The molecule has 1 aliphatic carbocycles. The summed E-state index contributed by atoms with van der Waals surface area (Å²) in [5.74, 6) is 0. The zero-order valence-corrected chi connectivity index (χ0v) is 14.7. The van der Waals surface area contributed by atoms with Crippen LogP contribution in [0.5, 0.6) is 0 Å². The fourth-order valence-corrected chi connectivity index (χ4v) is 5.52. The van der Waals surface area contributed by atoms with Crippen molar-refractivity contribution < 1.29 is 0 Å². The summed E-state index contributed by atoms with van der Waals surface area (Å²) < 4.78 is 0. The number of nitrogens with two attached hydrogens (primary N) is 1. The molecular weight excluding hydrogens is 306 g/mol. The lowest BCUT2D eigenvalue weighted by Gasteiger charge is -2.43. The van der Waals surface area contributed by atoms with E-state index in [1.54, 1.807) is 11.1 Å². The Morgan fingerprint density at radius 3 is 2.04 bits per heavy atom. The fraction of sp³-hybridized carbons (Fsp3) is 0.455. The number of benzene rings is 2. The minimum atomic E-state index is 0.558. The molecular formula is C22H27N3. The molecule has 2 fully saturated rings. The third kappa shape index (κ3) is 2.71. The van der Waals surface area contributed by atoms with E-state index in [2.05, 4.69) is 46.6 Å². The number of para-hydroxylation sites is 2. The topological polar surface area (TPSA) is 41.3 Å². The molecule has 2 bridgehead atoms. The van der Waals surface area contributed by atoms with Gasteiger partial charge < -0.3 is 11.1 Å². The van der Waals surface area contributed by atoms with Gasteiger partial charge >= 0.3 is 0 Å². The highest BCUT2D eigenvalue weighted by molar-refractivity contribution is 5.66. The van der Waals surface area contributed by atoms with Crippen molar-refractivity contribution in [2.75, 3.05) is 11.1 Å². The molecule has 25 heavy (non-hydrogen) atoms. The molecule has 0 spiro atoms. The molecule has 0 amide bonds. The molecule has 2 aromatic carbocycles. The summed E-state index contributed by atoms with van der Waals surface area (Å²) in [6, 6.07) is 19.9. The van der Waals surface area contributed by atoms with E-state index >= 15 is 0 Å². The Hall–Kier alpha value is -2.00. The SMILES string of the molecule is Nc1ccccc1N[C@H]1C[C@H]2CC[C@@H](C1)N2C1Cc2ccccc2C1. The normalized spacial score (nSPS) is 28.9. The summed E-state index contributed by atoms with van der Waals surface area (Å²) in [4.78, 5) is 2.88. The Morgan fingerprint density at radius 2 is 1.40 bits per heavy atom. The summed E-state index contributed by atoms with van der Waals surface area (Å²) in [6.45, 7) is 0. The number of fused-ring (bicyclic) bond motifs is 3. The molecule has 0 radical (unpaired) electrons. The van der Waals surface area contributed by atoms with E-state index in [-0.39, 0.29) is 0 Å². The van der Waals surface area contributed by atoms with E-state index in [1.807, 2.05) is 12.1 Å². The van der Waals surface area contributed by atoms with Gasteiger partial charge in [-0.25, -0.2) is 0 Å². The standard InChI is InChI=1S/C22H27N3/c23-21-7-3-4-8-22(21)24-17-13-18-9-10-19(14-17)25(18)20-11-15-5-1-2-6-16(15)12-20/h1-8,17-20,24H,9-14,23H2/t17-,18+,19-. The molecule has 3 N–H and O–H groups in total. The first-order valence-corrected chi connectivity index (χ1v) is 9.73. The number of rotatable bonds is 3. The molecule has 2 aromatic rings. The highest BCUT2D eigenvalue weighted by Gasteiger charge is 2.45. The zero-order chi connectivity index (χ0) is 16.8. The van der Waals surface area contributed by atoms with Gasteiger partial charge in [-0.2, -0.15) is 0 Å². The van der Waals surface area contributed by atoms with Crippen LogP contribution in [0.1, 0.15) is 36.8 Å². The molecule has 0 aromatic heterocycles. The smallest absolute Gasteiger partial charge is 0.0576 e. The van der Waals surface area contributed by atoms with Crippen molar-refractivity contribution in [2.24, 2.45) is 0 Å². The molecule has 3 heteroatoms. The minimum absolute atomic E-state index is 0.558. The lowest BCUT2D eigenvalue weighted by molar-refractivity contribution is 0.0852. The maximum Gasteiger partial charge on any atom is 0.0576 e. The first-order valence-electron chi connectivity index (χ1n) is 9.73. The van der Waals surface area contributed by atoms with Gasteiger partial charge in [-0.05, 0) is 61.8 Å².